The standard InChI is InChI=1S/C17H27NO6/c1-4-14(19)23-16(10(2)3)24-17(22)18-12-8-6-5-7-11(12)9-13(18)15(20)21/h10-13,16H,4-9H2,1-3H3,(H,20,21)/t11-,12-,13-,16+/m0/s1. The van der Waals surface area contributed by atoms with Crippen molar-refractivity contribution in [2.45, 2.75) is 77.7 Å². The summed E-state index contributed by atoms with van der Waals surface area (Å²) in [4.78, 5) is 37.1. The molecule has 0 bridgehead atoms. The SMILES string of the molecule is CCC(=O)O[C@H](OC(=O)N1[C@H](C(=O)O)C[C@@H]2CCCC[C@@H]21)C(C)C. The first-order valence-electron chi connectivity index (χ1n) is 8.76. The Kier molecular flexibility index (Phi) is 6.07. The first-order valence-corrected chi connectivity index (χ1v) is 8.76. The van der Waals surface area contributed by atoms with Gasteiger partial charge in [0.05, 0.1) is 0 Å². The number of aliphatic carboxylic acids is 1. The monoisotopic (exact) mass is 341 g/mol. The van der Waals surface area contributed by atoms with Gasteiger partial charge < -0.3 is 14.6 Å². The summed E-state index contributed by atoms with van der Waals surface area (Å²) < 4.78 is 10.5. The average Bonchev–Trinajstić information content (AvgIpc) is 2.93. The fourth-order valence-corrected chi connectivity index (χ4v) is 3.61. The quantitative estimate of drug-likeness (QED) is 0.610. The zero-order valence-corrected chi connectivity index (χ0v) is 14.6. The highest BCUT2D eigenvalue weighted by Crippen LogP contribution is 2.40. The Morgan fingerprint density at radius 3 is 2.42 bits per heavy atom. The van der Waals surface area contributed by atoms with Gasteiger partial charge in [0.25, 0.3) is 6.29 Å². The largest absolute Gasteiger partial charge is 0.480 e. The number of fused-ring (bicyclic) bond motifs is 1. The van der Waals surface area contributed by atoms with Crippen molar-refractivity contribution in [2.24, 2.45) is 11.8 Å². The van der Waals surface area contributed by atoms with Crippen LogP contribution < -0.4 is 0 Å². The Morgan fingerprint density at radius 2 is 1.83 bits per heavy atom. The summed E-state index contributed by atoms with van der Waals surface area (Å²) in [6, 6.07) is -0.956. The number of amides is 1. The van der Waals surface area contributed by atoms with Crippen LogP contribution in [-0.4, -0.2) is 46.4 Å². The van der Waals surface area contributed by atoms with Crippen molar-refractivity contribution in [3.63, 3.8) is 0 Å². The fourth-order valence-electron chi connectivity index (χ4n) is 3.61. The Morgan fingerprint density at radius 1 is 1.17 bits per heavy atom. The van der Waals surface area contributed by atoms with Crippen molar-refractivity contribution in [2.75, 3.05) is 0 Å². The summed E-state index contributed by atoms with van der Waals surface area (Å²) in [5.41, 5.74) is 0. The minimum Gasteiger partial charge on any atom is -0.480 e. The van der Waals surface area contributed by atoms with Crippen molar-refractivity contribution < 1.29 is 29.0 Å². The van der Waals surface area contributed by atoms with Crippen LogP contribution in [0, 0.1) is 11.8 Å². The van der Waals surface area contributed by atoms with Gasteiger partial charge in [-0.05, 0) is 25.2 Å². The highest BCUT2D eigenvalue weighted by molar-refractivity contribution is 5.81. The Bertz CT molecular complexity index is 491. The summed E-state index contributed by atoms with van der Waals surface area (Å²) in [5, 5.41) is 9.47. The topological polar surface area (TPSA) is 93.1 Å². The normalized spacial score (nSPS) is 27.5. The molecule has 1 saturated carbocycles. The molecule has 4 atom stereocenters. The number of carbonyl (C=O) groups excluding carboxylic acids is 2. The highest BCUT2D eigenvalue weighted by atomic mass is 16.7. The lowest BCUT2D eigenvalue weighted by Gasteiger charge is -2.33. The lowest BCUT2D eigenvalue weighted by Crippen LogP contribution is -2.48. The number of hydrogen-bond acceptors (Lipinski definition) is 5. The van der Waals surface area contributed by atoms with Crippen LogP contribution in [0.4, 0.5) is 4.79 Å². The predicted molar refractivity (Wildman–Crippen MR) is 85.1 cm³/mol. The van der Waals surface area contributed by atoms with Crippen molar-refractivity contribution in [3.05, 3.63) is 0 Å². The van der Waals surface area contributed by atoms with E-state index >= 15 is 0 Å². The van der Waals surface area contributed by atoms with Gasteiger partial charge in [0, 0.05) is 18.4 Å². The molecule has 1 amide bonds. The molecule has 0 unspecified atom stereocenters. The van der Waals surface area contributed by atoms with E-state index in [2.05, 4.69) is 0 Å². The molecule has 136 valence electrons. The van der Waals surface area contributed by atoms with Crippen molar-refractivity contribution in [1.82, 2.24) is 4.90 Å². The van der Waals surface area contributed by atoms with E-state index in [1.165, 1.54) is 4.90 Å². The molecule has 1 heterocycles. The molecule has 0 aromatic carbocycles. The van der Waals surface area contributed by atoms with Crippen LogP contribution in [0.15, 0.2) is 0 Å². The molecule has 0 spiro atoms. The molecule has 0 aromatic rings. The van der Waals surface area contributed by atoms with E-state index < -0.39 is 30.4 Å². The molecule has 1 N–H and O–H groups in total. The van der Waals surface area contributed by atoms with Gasteiger partial charge >= 0.3 is 18.0 Å². The van der Waals surface area contributed by atoms with E-state index in [-0.39, 0.29) is 24.3 Å². The molecule has 2 rings (SSSR count). The summed E-state index contributed by atoms with van der Waals surface area (Å²) in [6.45, 7) is 5.22. The van der Waals surface area contributed by atoms with E-state index in [4.69, 9.17) is 9.47 Å². The molecule has 24 heavy (non-hydrogen) atoms. The van der Waals surface area contributed by atoms with Crippen molar-refractivity contribution in [3.8, 4) is 0 Å². The number of likely N-dealkylation sites (tertiary alicyclic amines) is 1. The number of hydrogen-bond donors (Lipinski definition) is 1. The molecule has 7 nitrogen and oxygen atoms in total. The first kappa shape index (κ1) is 18.5. The summed E-state index contributed by atoms with van der Waals surface area (Å²) in [5.74, 6) is -1.46. The minimum absolute atomic E-state index is 0.0953. The number of rotatable bonds is 5. The highest BCUT2D eigenvalue weighted by Gasteiger charge is 2.49. The maximum Gasteiger partial charge on any atom is 0.413 e. The lowest BCUT2D eigenvalue weighted by molar-refractivity contribution is -0.177. The Balaban J connectivity index is 2.12. The van der Waals surface area contributed by atoms with Crippen LogP contribution in [0.25, 0.3) is 0 Å². The lowest BCUT2D eigenvalue weighted by atomic mass is 9.85. The van der Waals surface area contributed by atoms with Gasteiger partial charge in [-0.1, -0.05) is 33.6 Å². The molecule has 1 aliphatic heterocycles. The summed E-state index contributed by atoms with van der Waals surface area (Å²) in [7, 11) is 0. The second kappa shape index (κ2) is 7.85. The predicted octanol–water partition coefficient (Wildman–Crippen LogP) is 2.78. The van der Waals surface area contributed by atoms with Crippen LogP contribution in [0.1, 0.15) is 59.3 Å². The number of carbonyl (C=O) groups is 3. The van der Waals surface area contributed by atoms with Crippen LogP contribution in [0.5, 0.6) is 0 Å². The molecule has 7 heteroatoms. The van der Waals surface area contributed by atoms with Gasteiger partial charge in [0.15, 0.2) is 0 Å². The van der Waals surface area contributed by atoms with Crippen molar-refractivity contribution in [1.29, 1.82) is 0 Å². The van der Waals surface area contributed by atoms with Gasteiger partial charge in [-0.15, -0.1) is 0 Å². The van der Waals surface area contributed by atoms with Gasteiger partial charge in [0.2, 0.25) is 0 Å². The van der Waals surface area contributed by atoms with Crippen LogP contribution >= 0.6 is 0 Å². The average molecular weight is 341 g/mol. The van der Waals surface area contributed by atoms with Gasteiger partial charge in [-0.25, -0.2) is 9.59 Å². The van der Waals surface area contributed by atoms with E-state index in [9.17, 15) is 19.5 Å². The summed E-state index contributed by atoms with van der Waals surface area (Å²) >= 11 is 0. The van der Waals surface area contributed by atoms with E-state index in [1.54, 1.807) is 20.8 Å². The van der Waals surface area contributed by atoms with Gasteiger partial charge in [0.1, 0.15) is 6.04 Å². The number of carboxylic acids is 1. The summed E-state index contributed by atoms with van der Waals surface area (Å²) in [6.07, 6.45) is 2.75. The molecule has 1 aliphatic carbocycles. The fraction of sp³-hybridized carbons (Fsp3) is 0.824. The third kappa shape index (κ3) is 3.99. The van der Waals surface area contributed by atoms with Crippen LogP contribution in [0.2, 0.25) is 0 Å². The smallest absolute Gasteiger partial charge is 0.413 e. The molecule has 1 saturated heterocycles. The maximum atomic E-state index is 12.6. The molecule has 0 radical (unpaired) electrons. The Hall–Kier alpha value is -1.79. The second-order valence-electron chi connectivity index (χ2n) is 6.95. The van der Waals surface area contributed by atoms with E-state index in [0.717, 1.165) is 25.7 Å². The number of ether oxygens (including phenoxy) is 2. The van der Waals surface area contributed by atoms with Gasteiger partial charge in [-0.3, -0.25) is 9.69 Å². The molecule has 2 aliphatic rings. The van der Waals surface area contributed by atoms with E-state index in [0.29, 0.717) is 6.42 Å². The molecular weight excluding hydrogens is 314 g/mol. The number of nitrogens with zero attached hydrogens (tertiary/aromatic N) is 1. The Labute approximate surface area is 142 Å². The zero-order chi connectivity index (χ0) is 17.9. The molecular formula is C17H27NO6. The maximum absolute atomic E-state index is 12.6. The van der Waals surface area contributed by atoms with Crippen LogP contribution in [0.3, 0.4) is 0 Å². The second-order valence-corrected chi connectivity index (χ2v) is 6.95. The molecule has 2 fully saturated rings. The number of carboxylic acid groups (broad SMARTS) is 1. The third-order valence-corrected chi connectivity index (χ3v) is 4.88. The number of esters is 1. The van der Waals surface area contributed by atoms with Crippen molar-refractivity contribution >= 4 is 18.0 Å². The van der Waals surface area contributed by atoms with Crippen LogP contribution in [-0.2, 0) is 19.1 Å². The minimum atomic E-state index is -1.01. The first-order chi connectivity index (χ1) is 11.3. The van der Waals surface area contributed by atoms with Gasteiger partial charge in [-0.2, -0.15) is 0 Å². The molecule has 0 aromatic heterocycles. The third-order valence-electron chi connectivity index (χ3n) is 4.88. The van der Waals surface area contributed by atoms with E-state index in [1.807, 2.05) is 0 Å². The zero-order valence-electron chi connectivity index (χ0n) is 14.6.